The number of rotatable bonds is 5. The Hall–Kier alpha value is -2.55. The largest absolute Gasteiger partial charge is 0.394 e. The number of H-pyrrole nitrogens is 1. The zero-order valence-corrected chi connectivity index (χ0v) is 18.5. The average Bonchev–Trinajstić information content (AvgIpc) is 3.46. The third-order valence-corrected chi connectivity index (χ3v) is 7.30. The van der Waals surface area contributed by atoms with E-state index >= 15 is 0 Å². The molecule has 0 bridgehead atoms. The van der Waals surface area contributed by atoms with Crippen LogP contribution in [0, 0.1) is 6.92 Å². The fourth-order valence-corrected chi connectivity index (χ4v) is 5.56. The van der Waals surface area contributed by atoms with Crippen LogP contribution in [-0.4, -0.2) is 50.4 Å². The molecule has 0 spiro atoms. The summed E-state index contributed by atoms with van der Waals surface area (Å²) in [5.74, 6) is 0. The second-order valence-corrected chi connectivity index (χ2v) is 9.58. The molecule has 6 nitrogen and oxygen atoms in total. The SMILES string of the molecule is Cc1cc(-c2cc[nH]n2)c([C@@H]2O[C@H](CO)C[C@H](O)[C@H]2O)cc1Cc1cc2ccccc2s1. The van der Waals surface area contributed by atoms with Crippen LogP contribution in [0.5, 0.6) is 0 Å². The number of ether oxygens (including phenoxy) is 1. The molecule has 166 valence electrons. The van der Waals surface area contributed by atoms with Crippen molar-refractivity contribution in [2.45, 2.75) is 44.2 Å². The molecule has 1 aliphatic rings. The average molecular weight is 451 g/mol. The first-order valence-electron chi connectivity index (χ1n) is 10.8. The Bertz CT molecular complexity index is 1190. The molecule has 0 unspecified atom stereocenters. The number of aliphatic hydroxyl groups is 3. The molecule has 0 amide bonds. The molecule has 4 atom stereocenters. The fraction of sp³-hybridized carbons (Fsp3) is 0.320. The molecule has 2 aromatic carbocycles. The van der Waals surface area contributed by atoms with Crippen molar-refractivity contribution in [1.29, 1.82) is 0 Å². The lowest BCUT2D eigenvalue weighted by Crippen LogP contribution is -2.44. The number of aromatic amines is 1. The molecule has 7 heteroatoms. The first-order chi connectivity index (χ1) is 15.5. The number of nitrogens with one attached hydrogen (secondary N) is 1. The van der Waals surface area contributed by atoms with E-state index in [1.807, 2.05) is 12.1 Å². The Morgan fingerprint density at radius 1 is 1.16 bits per heavy atom. The molecule has 1 fully saturated rings. The number of aromatic nitrogens is 2. The van der Waals surface area contributed by atoms with Crippen LogP contribution < -0.4 is 0 Å². The number of fused-ring (bicyclic) bond motifs is 1. The van der Waals surface area contributed by atoms with E-state index in [0.717, 1.165) is 34.4 Å². The lowest BCUT2D eigenvalue weighted by Gasteiger charge is -2.37. The van der Waals surface area contributed by atoms with Crippen LogP contribution in [0.1, 0.15) is 34.1 Å². The molecule has 4 aromatic rings. The highest BCUT2D eigenvalue weighted by Gasteiger charge is 2.38. The maximum Gasteiger partial charge on any atom is 0.112 e. The minimum Gasteiger partial charge on any atom is -0.394 e. The van der Waals surface area contributed by atoms with Gasteiger partial charge in [0.2, 0.25) is 0 Å². The molecule has 0 aliphatic carbocycles. The van der Waals surface area contributed by atoms with E-state index in [2.05, 4.69) is 53.5 Å². The van der Waals surface area contributed by atoms with E-state index in [4.69, 9.17) is 4.74 Å². The lowest BCUT2D eigenvalue weighted by molar-refractivity contribution is -0.179. The molecular formula is C25H26N2O4S. The summed E-state index contributed by atoms with van der Waals surface area (Å²) in [6.45, 7) is 1.87. The third kappa shape index (κ3) is 3.98. The summed E-state index contributed by atoms with van der Waals surface area (Å²) in [4.78, 5) is 1.26. The minimum absolute atomic E-state index is 0.201. The fourth-order valence-electron chi connectivity index (χ4n) is 4.47. The van der Waals surface area contributed by atoms with Crippen molar-refractivity contribution in [2.24, 2.45) is 0 Å². The molecule has 1 saturated heterocycles. The summed E-state index contributed by atoms with van der Waals surface area (Å²) in [6.07, 6.45) is -0.633. The van der Waals surface area contributed by atoms with E-state index in [0.29, 0.717) is 0 Å². The first-order valence-corrected chi connectivity index (χ1v) is 11.6. The van der Waals surface area contributed by atoms with Crippen molar-refractivity contribution in [3.63, 3.8) is 0 Å². The van der Waals surface area contributed by atoms with Gasteiger partial charge in [0.05, 0.1) is 24.5 Å². The van der Waals surface area contributed by atoms with Crippen LogP contribution in [0.25, 0.3) is 21.3 Å². The predicted octanol–water partition coefficient (Wildman–Crippen LogP) is 3.73. The molecular weight excluding hydrogens is 424 g/mol. The minimum atomic E-state index is -1.09. The molecule has 2 aromatic heterocycles. The molecule has 1 aliphatic heterocycles. The Labute approximate surface area is 190 Å². The number of hydrogen-bond acceptors (Lipinski definition) is 6. The number of aliphatic hydroxyl groups excluding tert-OH is 3. The van der Waals surface area contributed by atoms with Gasteiger partial charge in [0.25, 0.3) is 0 Å². The van der Waals surface area contributed by atoms with E-state index in [1.54, 1.807) is 17.5 Å². The van der Waals surface area contributed by atoms with Crippen LogP contribution in [0.2, 0.25) is 0 Å². The summed E-state index contributed by atoms with van der Waals surface area (Å²) in [5, 5.41) is 39.3. The van der Waals surface area contributed by atoms with Crippen molar-refractivity contribution in [2.75, 3.05) is 6.61 Å². The van der Waals surface area contributed by atoms with E-state index in [-0.39, 0.29) is 13.0 Å². The molecule has 0 saturated carbocycles. The van der Waals surface area contributed by atoms with Crippen LogP contribution >= 0.6 is 11.3 Å². The number of aryl methyl sites for hydroxylation is 1. The summed E-state index contributed by atoms with van der Waals surface area (Å²) in [5.41, 5.74) is 4.60. The second-order valence-electron chi connectivity index (χ2n) is 8.41. The van der Waals surface area contributed by atoms with Crippen molar-refractivity contribution in [3.8, 4) is 11.3 Å². The van der Waals surface area contributed by atoms with Crippen LogP contribution in [0.4, 0.5) is 0 Å². The van der Waals surface area contributed by atoms with Gasteiger partial charge in [-0.2, -0.15) is 5.10 Å². The van der Waals surface area contributed by atoms with Crippen molar-refractivity contribution in [1.82, 2.24) is 10.2 Å². The van der Waals surface area contributed by atoms with Gasteiger partial charge in [0.1, 0.15) is 12.2 Å². The first kappa shape index (κ1) is 21.3. The number of thiophene rings is 1. The third-order valence-electron chi connectivity index (χ3n) is 6.18. The topological polar surface area (TPSA) is 98.6 Å². The van der Waals surface area contributed by atoms with Gasteiger partial charge < -0.3 is 20.1 Å². The number of nitrogens with zero attached hydrogens (tertiary/aromatic N) is 1. The van der Waals surface area contributed by atoms with Gasteiger partial charge in [-0.25, -0.2) is 0 Å². The Balaban J connectivity index is 1.58. The summed E-state index contributed by atoms with van der Waals surface area (Å²) >= 11 is 1.78. The van der Waals surface area contributed by atoms with Crippen LogP contribution in [0.3, 0.4) is 0 Å². The number of benzene rings is 2. The van der Waals surface area contributed by atoms with Gasteiger partial charge in [-0.05, 0) is 53.3 Å². The number of hydrogen-bond donors (Lipinski definition) is 4. The van der Waals surface area contributed by atoms with Gasteiger partial charge in [-0.3, -0.25) is 5.10 Å². The van der Waals surface area contributed by atoms with Crippen molar-refractivity contribution in [3.05, 3.63) is 76.3 Å². The predicted molar refractivity (Wildman–Crippen MR) is 125 cm³/mol. The smallest absolute Gasteiger partial charge is 0.112 e. The van der Waals surface area contributed by atoms with E-state index < -0.39 is 24.4 Å². The highest BCUT2D eigenvalue weighted by molar-refractivity contribution is 7.19. The quantitative estimate of drug-likeness (QED) is 0.371. The monoisotopic (exact) mass is 450 g/mol. The zero-order chi connectivity index (χ0) is 22.2. The highest BCUT2D eigenvalue weighted by atomic mass is 32.1. The van der Waals surface area contributed by atoms with Crippen LogP contribution in [0.15, 0.2) is 54.7 Å². The van der Waals surface area contributed by atoms with E-state index in [1.165, 1.54) is 15.0 Å². The second kappa shape index (κ2) is 8.77. The molecule has 32 heavy (non-hydrogen) atoms. The zero-order valence-electron chi connectivity index (χ0n) is 17.7. The van der Waals surface area contributed by atoms with Gasteiger partial charge in [0.15, 0.2) is 0 Å². The summed E-state index contributed by atoms with van der Waals surface area (Å²) in [7, 11) is 0. The van der Waals surface area contributed by atoms with Gasteiger partial charge >= 0.3 is 0 Å². The molecule has 0 radical (unpaired) electrons. The Kier molecular flexibility index (Phi) is 5.84. The molecule has 4 N–H and O–H groups in total. The maximum absolute atomic E-state index is 10.8. The highest BCUT2D eigenvalue weighted by Crippen LogP contribution is 2.39. The van der Waals surface area contributed by atoms with Gasteiger partial charge in [-0.1, -0.05) is 24.3 Å². The maximum atomic E-state index is 10.8. The summed E-state index contributed by atoms with van der Waals surface area (Å²) in [6, 6.07) is 16.6. The molecule has 3 heterocycles. The van der Waals surface area contributed by atoms with Crippen LogP contribution in [-0.2, 0) is 11.2 Å². The lowest BCUT2D eigenvalue weighted by atomic mass is 9.87. The Morgan fingerprint density at radius 3 is 2.75 bits per heavy atom. The van der Waals surface area contributed by atoms with Crippen molar-refractivity contribution < 1.29 is 20.1 Å². The van der Waals surface area contributed by atoms with Gasteiger partial charge in [-0.15, -0.1) is 11.3 Å². The standard InChI is InChI=1S/C25H26N2O4S/c1-14-8-19(21-6-7-26-27-21)20(25-24(30)22(29)12-17(13-28)31-25)11-16(14)10-18-9-15-4-2-3-5-23(15)32-18/h2-9,11,17,22,24-25,28-30H,10,12-13H2,1H3,(H,26,27)/t17-,22-,24+,25-/m0/s1. The summed E-state index contributed by atoms with van der Waals surface area (Å²) < 4.78 is 7.30. The van der Waals surface area contributed by atoms with E-state index in [9.17, 15) is 15.3 Å². The Morgan fingerprint density at radius 2 is 2.00 bits per heavy atom. The normalized spacial score (nSPS) is 23.6. The van der Waals surface area contributed by atoms with Crippen molar-refractivity contribution >= 4 is 21.4 Å². The molecule has 5 rings (SSSR count). The van der Waals surface area contributed by atoms with Gasteiger partial charge in [0, 0.05) is 34.2 Å².